The van der Waals surface area contributed by atoms with Gasteiger partial charge in [-0.05, 0) is 45.1 Å². The van der Waals surface area contributed by atoms with E-state index in [-0.39, 0.29) is 35.9 Å². The van der Waals surface area contributed by atoms with Crippen LogP contribution in [0.3, 0.4) is 0 Å². The van der Waals surface area contributed by atoms with Crippen molar-refractivity contribution < 1.29 is 4.79 Å². The van der Waals surface area contributed by atoms with Gasteiger partial charge < -0.3 is 15.5 Å². The van der Waals surface area contributed by atoms with Crippen molar-refractivity contribution in [3.8, 4) is 0 Å². The maximum atomic E-state index is 12.3. The van der Waals surface area contributed by atoms with Crippen LogP contribution >= 0.6 is 24.0 Å². The molecule has 0 bridgehead atoms. The van der Waals surface area contributed by atoms with Crippen LogP contribution in [0.1, 0.15) is 51.4 Å². The zero-order chi connectivity index (χ0) is 19.9. The first-order valence-electron chi connectivity index (χ1n) is 11.2. The Balaban J connectivity index is 0.00000300. The second-order valence-electron chi connectivity index (χ2n) is 8.84. The van der Waals surface area contributed by atoms with E-state index in [0.29, 0.717) is 6.04 Å². The summed E-state index contributed by atoms with van der Waals surface area (Å²) >= 11 is 0. The van der Waals surface area contributed by atoms with Crippen molar-refractivity contribution in [2.75, 3.05) is 53.9 Å². The fraction of sp³-hybridized carbons (Fsp3) is 0.905. The van der Waals surface area contributed by atoms with E-state index in [4.69, 9.17) is 0 Å². The van der Waals surface area contributed by atoms with Gasteiger partial charge >= 0.3 is 0 Å². The van der Waals surface area contributed by atoms with E-state index in [1.165, 1.54) is 38.6 Å². The van der Waals surface area contributed by atoms with Gasteiger partial charge in [0.1, 0.15) is 0 Å². The molecule has 1 amide bonds. The zero-order valence-corrected chi connectivity index (χ0v) is 20.9. The van der Waals surface area contributed by atoms with Crippen molar-refractivity contribution >= 4 is 35.8 Å². The number of nitrogens with one attached hydrogen (secondary N) is 2. The van der Waals surface area contributed by atoms with Crippen LogP contribution in [0.2, 0.25) is 0 Å². The van der Waals surface area contributed by atoms with Crippen LogP contribution in [0.4, 0.5) is 0 Å². The largest absolute Gasteiger partial charge is 0.356 e. The highest BCUT2D eigenvalue weighted by molar-refractivity contribution is 14.0. The molecule has 3 rings (SSSR count). The van der Waals surface area contributed by atoms with Gasteiger partial charge in [0.25, 0.3) is 0 Å². The van der Waals surface area contributed by atoms with Crippen molar-refractivity contribution in [2.45, 2.75) is 69.5 Å². The Bertz CT molecular complexity index is 537. The fourth-order valence-corrected chi connectivity index (χ4v) is 5.05. The summed E-state index contributed by atoms with van der Waals surface area (Å²) in [5.74, 6) is 1.16. The van der Waals surface area contributed by atoms with Gasteiger partial charge in [-0.15, -0.1) is 24.0 Å². The Morgan fingerprint density at radius 1 is 1.10 bits per heavy atom. The summed E-state index contributed by atoms with van der Waals surface area (Å²) in [4.78, 5) is 23.4. The number of likely N-dealkylation sites (N-methyl/N-ethyl adjacent to an activating group) is 1. The lowest BCUT2D eigenvalue weighted by molar-refractivity contribution is -0.133. The zero-order valence-electron chi connectivity index (χ0n) is 18.5. The van der Waals surface area contributed by atoms with E-state index >= 15 is 0 Å². The topological polar surface area (TPSA) is 63.2 Å². The van der Waals surface area contributed by atoms with Crippen LogP contribution in [-0.2, 0) is 4.79 Å². The smallest absolute Gasteiger partial charge is 0.239 e. The summed E-state index contributed by atoms with van der Waals surface area (Å²) < 4.78 is 0. The quantitative estimate of drug-likeness (QED) is 0.232. The number of carbonyl (C=O) groups excluding carboxylic acids is 1. The molecule has 0 aromatic heterocycles. The summed E-state index contributed by atoms with van der Waals surface area (Å²) in [6.07, 6.45) is 9.92. The molecule has 0 radical (unpaired) electrons. The number of likely N-dealkylation sites (tertiary alicyclic amines) is 2. The predicted molar refractivity (Wildman–Crippen MR) is 130 cm³/mol. The number of carbonyl (C=O) groups is 1. The van der Waals surface area contributed by atoms with Gasteiger partial charge in [-0.1, -0.05) is 12.8 Å². The molecule has 168 valence electrons. The molecule has 0 aromatic carbocycles. The second-order valence-corrected chi connectivity index (χ2v) is 8.84. The standard InChI is InChI=1S/C21H40N6O.HI/c1-22-21(24-17-11-15-27(16-17)18-8-4-5-9-18)23-12-7-14-26-13-6-10-19(26)20(28)25(2)3;/h17-19H,4-16H2,1-3H3,(H2,22,23,24);1H. The molecule has 2 saturated heterocycles. The highest BCUT2D eigenvalue weighted by atomic mass is 127. The molecule has 29 heavy (non-hydrogen) atoms. The molecular formula is C21H41IN6O. The lowest BCUT2D eigenvalue weighted by Gasteiger charge is -2.26. The van der Waals surface area contributed by atoms with Gasteiger partial charge in [0.15, 0.2) is 5.96 Å². The van der Waals surface area contributed by atoms with E-state index in [2.05, 4.69) is 25.4 Å². The molecule has 3 aliphatic rings. The van der Waals surface area contributed by atoms with E-state index in [1.807, 2.05) is 21.1 Å². The van der Waals surface area contributed by atoms with Gasteiger partial charge in [0, 0.05) is 59.4 Å². The summed E-state index contributed by atoms with van der Waals surface area (Å²) in [7, 11) is 5.56. The number of rotatable bonds is 7. The number of nitrogens with zero attached hydrogens (tertiary/aromatic N) is 4. The van der Waals surface area contributed by atoms with E-state index < -0.39 is 0 Å². The fourth-order valence-electron chi connectivity index (χ4n) is 5.05. The molecule has 8 heteroatoms. The maximum absolute atomic E-state index is 12.3. The molecule has 1 saturated carbocycles. The van der Waals surface area contributed by atoms with E-state index in [0.717, 1.165) is 57.4 Å². The van der Waals surface area contributed by atoms with Crippen molar-refractivity contribution in [3.05, 3.63) is 0 Å². The van der Waals surface area contributed by atoms with Gasteiger partial charge in [-0.2, -0.15) is 0 Å². The van der Waals surface area contributed by atoms with E-state index in [1.54, 1.807) is 4.90 Å². The minimum atomic E-state index is 0. The number of hydrogen-bond acceptors (Lipinski definition) is 4. The Morgan fingerprint density at radius 3 is 2.55 bits per heavy atom. The highest BCUT2D eigenvalue weighted by Gasteiger charge is 2.31. The van der Waals surface area contributed by atoms with Gasteiger partial charge in [0.2, 0.25) is 5.91 Å². The van der Waals surface area contributed by atoms with Crippen LogP contribution < -0.4 is 10.6 Å². The normalized spacial score (nSPS) is 26.5. The molecule has 2 unspecified atom stereocenters. The highest BCUT2D eigenvalue weighted by Crippen LogP contribution is 2.26. The summed E-state index contributed by atoms with van der Waals surface area (Å²) in [5, 5.41) is 7.08. The van der Waals surface area contributed by atoms with Crippen LogP contribution in [0.25, 0.3) is 0 Å². The number of guanidine groups is 1. The van der Waals surface area contributed by atoms with Gasteiger partial charge in [0.05, 0.1) is 6.04 Å². The third-order valence-corrected chi connectivity index (χ3v) is 6.63. The molecule has 3 fully saturated rings. The van der Waals surface area contributed by atoms with Crippen LogP contribution in [0.5, 0.6) is 0 Å². The van der Waals surface area contributed by atoms with Crippen molar-refractivity contribution in [3.63, 3.8) is 0 Å². The lowest BCUT2D eigenvalue weighted by atomic mass is 10.2. The van der Waals surface area contributed by atoms with Crippen molar-refractivity contribution in [2.24, 2.45) is 4.99 Å². The first kappa shape index (κ1) is 24.7. The Morgan fingerprint density at radius 2 is 1.86 bits per heavy atom. The molecule has 0 spiro atoms. The number of hydrogen-bond donors (Lipinski definition) is 2. The lowest BCUT2D eigenvalue weighted by Crippen LogP contribution is -2.46. The van der Waals surface area contributed by atoms with Crippen LogP contribution in [0, 0.1) is 0 Å². The third kappa shape index (κ3) is 6.95. The number of aliphatic imine (C=N–C) groups is 1. The van der Waals surface area contributed by atoms with Crippen LogP contribution in [0.15, 0.2) is 4.99 Å². The first-order chi connectivity index (χ1) is 13.6. The molecule has 1 aliphatic carbocycles. The van der Waals surface area contributed by atoms with Crippen molar-refractivity contribution in [1.82, 2.24) is 25.3 Å². The minimum absolute atomic E-state index is 0. The second kappa shape index (κ2) is 12.3. The number of amides is 1. The summed E-state index contributed by atoms with van der Waals surface area (Å²) in [6, 6.07) is 1.40. The Hall–Kier alpha value is -0.610. The first-order valence-corrected chi connectivity index (χ1v) is 11.2. The Kier molecular flexibility index (Phi) is 10.5. The summed E-state index contributed by atoms with van der Waals surface area (Å²) in [6.45, 7) is 5.25. The average molecular weight is 521 g/mol. The molecule has 0 aromatic rings. The van der Waals surface area contributed by atoms with Gasteiger partial charge in [-0.3, -0.25) is 19.6 Å². The van der Waals surface area contributed by atoms with E-state index in [9.17, 15) is 4.79 Å². The molecule has 7 nitrogen and oxygen atoms in total. The molecular weight excluding hydrogens is 479 g/mol. The summed E-state index contributed by atoms with van der Waals surface area (Å²) in [5.41, 5.74) is 0. The maximum Gasteiger partial charge on any atom is 0.239 e. The Labute approximate surface area is 194 Å². The SMILES string of the molecule is CN=C(NCCCN1CCCC1C(=O)N(C)C)NC1CCN(C2CCCC2)C1.I. The monoisotopic (exact) mass is 520 g/mol. The van der Waals surface area contributed by atoms with Gasteiger partial charge in [-0.25, -0.2) is 0 Å². The number of halogens is 1. The van der Waals surface area contributed by atoms with Crippen molar-refractivity contribution in [1.29, 1.82) is 0 Å². The molecule has 2 heterocycles. The molecule has 2 atom stereocenters. The predicted octanol–water partition coefficient (Wildman–Crippen LogP) is 1.73. The van der Waals surface area contributed by atoms with Crippen LogP contribution in [-0.4, -0.2) is 98.6 Å². The average Bonchev–Trinajstić information content (AvgIpc) is 3.44. The molecule has 2 N–H and O–H groups in total. The third-order valence-electron chi connectivity index (χ3n) is 6.63. The minimum Gasteiger partial charge on any atom is -0.356 e. The molecule has 2 aliphatic heterocycles.